The second kappa shape index (κ2) is 11.1. The van der Waals surface area contributed by atoms with Gasteiger partial charge in [0.1, 0.15) is 39.3 Å². The summed E-state index contributed by atoms with van der Waals surface area (Å²) in [6.45, 7) is 11.4. The number of amides is 1. The molecule has 1 aliphatic rings. The van der Waals surface area contributed by atoms with Crippen LogP contribution in [-0.2, 0) is 30.4 Å². The van der Waals surface area contributed by atoms with Crippen LogP contribution in [0.15, 0.2) is 24.3 Å². The van der Waals surface area contributed by atoms with E-state index >= 15 is 0 Å². The van der Waals surface area contributed by atoms with Crippen LogP contribution in [0, 0.1) is 6.92 Å². The zero-order valence-corrected chi connectivity index (χ0v) is 18.5. The van der Waals surface area contributed by atoms with Crippen molar-refractivity contribution in [1.82, 2.24) is 5.32 Å². The molecule has 2 rings (SSSR count). The summed E-state index contributed by atoms with van der Waals surface area (Å²) >= 11 is 0. The maximum atomic E-state index is 12.8. The molecule has 1 aromatic rings. The van der Waals surface area contributed by atoms with E-state index in [1.807, 2.05) is 0 Å². The van der Waals surface area contributed by atoms with Crippen molar-refractivity contribution in [2.75, 3.05) is 45.9 Å². The number of ether oxygens (including phenoxy) is 2. The third-order valence-electron chi connectivity index (χ3n) is 5.35. The summed E-state index contributed by atoms with van der Waals surface area (Å²) in [7, 11) is 0. The molecule has 1 amide bonds. The highest BCUT2D eigenvalue weighted by atomic mass is 16.6. The summed E-state index contributed by atoms with van der Waals surface area (Å²) in [4.78, 5) is 39.9. The third kappa shape index (κ3) is 6.27. The van der Waals surface area contributed by atoms with Gasteiger partial charge in [0.05, 0.1) is 13.2 Å². The third-order valence-corrected chi connectivity index (χ3v) is 5.35. The molecule has 1 aliphatic heterocycles. The number of nitrogens with one attached hydrogen (secondary N) is 3. The van der Waals surface area contributed by atoms with E-state index in [1.165, 1.54) is 23.0 Å². The van der Waals surface area contributed by atoms with Crippen molar-refractivity contribution >= 4 is 17.8 Å². The summed E-state index contributed by atoms with van der Waals surface area (Å²) in [5, 5.41) is 2.55. The van der Waals surface area contributed by atoms with Crippen LogP contribution in [0.25, 0.3) is 0 Å². The number of piperazine rings is 1. The number of hydrogen-bond acceptors (Lipinski definition) is 5. The monoisotopic (exact) mass is 421 g/mol. The molecule has 0 radical (unpaired) electrons. The van der Waals surface area contributed by atoms with E-state index in [1.54, 1.807) is 13.8 Å². The van der Waals surface area contributed by atoms with Gasteiger partial charge in [-0.25, -0.2) is 9.59 Å². The number of rotatable bonds is 9. The first-order chi connectivity index (χ1) is 14.3. The van der Waals surface area contributed by atoms with Gasteiger partial charge < -0.3 is 24.6 Å². The van der Waals surface area contributed by atoms with E-state index in [2.05, 4.69) is 36.5 Å². The number of carbonyl (C=O) groups excluding carboxylic acids is 3. The van der Waals surface area contributed by atoms with Crippen molar-refractivity contribution in [2.45, 2.75) is 39.8 Å². The molecular formula is C22H35N3O5+2. The lowest BCUT2D eigenvalue weighted by atomic mass is 9.97. The van der Waals surface area contributed by atoms with Crippen LogP contribution >= 0.6 is 0 Å². The van der Waals surface area contributed by atoms with Gasteiger partial charge in [0.2, 0.25) is 5.91 Å². The molecule has 0 spiro atoms. The Morgan fingerprint density at radius 1 is 1.00 bits per heavy atom. The van der Waals surface area contributed by atoms with E-state index < -0.39 is 23.4 Å². The standard InChI is InChI=1S/C22H33N3O5/c1-5-29-20(27)22(23-18(4)26,21(28)30-6-2)16-25-12-10-24(11-13-25)15-19-9-7-8-17(3)14-19/h7-9,14H,5-6,10-13,15-16H2,1-4H3,(H,23,26)/p+2. The van der Waals surface area contributed by atoms with Crippen LogP contribution in [0.5, 0.6) is 0 Å². The summed E-state index contributed by atoms with van der Waals surface area (Å²) < 4.78 is 10.3. The van der Waals surface area contributed by atoms with E-state index in [-0.39, 0.29) is 19.8 Å². The number of hydrogen-bond donors (Lipinski definition) is 3. The predicted octanol–water partition coefficient (Wildman–Crippen LogP) is -1.72. The van der Waals surface area contributed by atoms with Crippen molar-refractivity contribution in [3.8, 4) is 0 Å². The molecule has 0 aromatic heterocycles. The Kier molecular flexibility index (Phi) is 8.80. The van der Waals surface area contributed by atoms with E-state index in [4.69, 9.17) is 9.47 Å². The molecule has 166 valence electrons. The lowest BCUT2D eigenvalue weighted by Gasteiger charge is -2.35. The van der Waals surface area contributed by atoms with Gasteiger partial charge in [0.15, 0.2) is 0 Å². The molecule has 8 heteroatoms. The quantitative estimate of drug-likeness (QED) is 0.326. The molecule has 1 aromatic carbocycles. The highest BCUT2D eigenvalue weighted by Gasteiger charge is 2.54. The molecular weight excluding hydrogens is 386 g/mol. The van der Waals surface area contributed by atoms with Crippen LogP contribution < -0.4 is 15.1 Å². The molecule has 1 fully saturated rings. The van der Waals surface area contributed by atoms with E-state index in [0.29, 0.717) is 0 Å². The first kappa shape index (κ1) is 23.8. The van der Waals surface area contributed by atoms with Gasteiger partial charge in [0.25, 0.3) is 5.54 Å². The van der Waals surface area contributed by atoms with Crippen LogP contribution in [0.2, 0.25) is 0 Å². The minimum Gasteiger partial charge on any atom is -0.464 e. The minimum absolute atomic E-state index is 0.113. The Balaban J connectivity index is 2.09. The van der Waals surface area contributed by atoms with Gasteiger partial charge in [-0.2, -0.15) is 0 Å². The van der Waals surface area contributed by atoms with Crippen LogP contribution in [0.1, 0.15) is 31.9 Å². The fourth-order valence-corrected chi connectivity index (χ4v) is 3.98. The van der Waals surface area contributed by atoms with Crippen LogP contribution in [-0.4, -0.2) is 69.3 Å². The number of benzene rings is 1. The number of carbonyl (C=O) groups is 3. The smallest absolute Gasteiger partial charge is 0.349 e. The molecule has 0 aliphatic carbocycles. The number of quaternary nitrogens is 2. The summed E-state index contributed by atoms with van der Waals surface area (Å²) in [5.74, 6) is -2.00. The molecule has 8 nitrogen and oxygen atoms in total. The Bertz CT molecular complexity index is 726. The fraction of sp³-hybridized carbons (Fsp3) is 0.591. The Hall–Kier alpha value is -2.45. The molecule has 0 unspecified atom stereocenters. The average Bonchev–Trinajstić information content (AvgIpc) is 2.69. The average molecular weight is 422 g/mol. The molecule has 30 heavy (non-hydrogen) atoms. The topological polar surface area (TPSA) is 90.6 Å². The highest BCUT2D eigenvalue weighted by molar-refractivity contribution is 6.07. The predicted molar refractivity (Wildman–Crippen MR) is 111 cm³/mol. The summed E-state index contributed by atoms with van der Waals surface area (Å²) in [5.41, 5.74) is 0.737. The van der Waals surface area contributed by atoms with Gasteiger partial charge in [-0.15, -0.1) is 0 Å². The van der Waals surface area contributed by atoms with Gasteiger partial charge >= 0.3 is 11.9 Å². The second-order valence-electron chi connectivity index (χ2n) is 7.87. The summed E-state index contributed by atoms with van der Waals surface area (Å²) in [6.07, 6.45) is 0. The van der Waals surface area contributed by atoms with Gasteiger partial charge in [0, 0.05) is 12.5 Å². The molecule has 1 heterocycles. The maximum absolute atomic E-state index is 12.8. The fourth-order valence-electron chi connectivity index (χ4n) is 3.98. The Morgan fingerprint density at radius 2 is 1.57 bits per heavy atom. The Labute approximate surface area is 178 Å². The molecule has 0 bridgehead atoms. The maximum Gasteiger partial charge on any atom is 0.349 e. The van der Waals surface area contributed by atoms with E-state index in [0.717, 1.165) is 37.6 Å². The second-order valence-corrected chi connectivity index (χ2v) is 7.87. The van der Waals surface area contributed by atoms with Crippen molar-refractivity contribution in [2.24, 2.45) is 0 Å². The van der Waals surface area contributed by atoms with Crippen LogP contribution in [0.3, 0.4) is 0 Å². The zero-order valence-electron chi connectivity index (χ0n) is 18.5. The van der Waals surface area contributed by atoms with Gasteiger partial charge in [-0.3, -0.25) is 4.79 Å². The zero-order chi connectivity index (χ0) is 22.1. The lowest BCUT2D eigenvalue weighted by molar-refractivity contribution is -1.02. The van der Waals surface area contributed by atoms with Crippen molar-refractivity contribution < 1.29 is 33.7 Å². The molecule has 3 N–H and O–H groups in total. The number of aryl methyl sites for hydroxylation is 1. The normalized spacial score (nSPS) is 19.1. The summed E-state index contributed by atoms with van der Waals surface area (Å²) in [6, 6.07) is 8.51. The SMILES string of the molecule is CCOC(=O)C(C[NH+]1CC[NH+](Cc2cccc(C)c2)CC1)(NC(C)=O)C(=O)OCC. The first-order valence-corrected chi connectivity index (χ1v) is 10.7. The van der Waals surface area contributed by atoms with Gasteiger partial charge in [-0.1, -0.05) is 29.8 Å². The Morgan fingerprint density at radius 3 is 2.07 bits per heavy atom. The van der Waals surface area contributed by atoms with Gasteiger partial charge in [-0.05, 0) is 20.8 Å². The van der Waals surface area contributed by atoms with Crippen molar-refractivity contribution in [3.05, 3.63) is 35.4 Å². The molecule has 0 saturated carbocycles. The van der Waals surface area contributed by atoms with E-state index in [9.17, 15) is 14.4 Å². The molecule has 0 atom stereocenters. The molecule has 1 saturated heterocycles. The van der Waals surface area contributed by atoms with Crippen molar-refractivity contribution in [1.29, 1.82) is 0 Å². The minimum atomic E-state index is -1.82. The lowest BCUT2D eigenvalue weighted by Crippen LogP contribution is -3.28. The number of esters is 2. The highest BCUT2D eigenvalue weighted by Crippen LogP contribution is 2.10. The van der Waals surface area contributed by atoms with Crippen molar-refractivity contribution in [3.63, 3.8) is 0 Å². The largest absolute Gasteiger partial charge is 0.464 e. The van der Waals surface area contributed by atoms with Crippen LogP contribution in [0.4, 0.5) is 0 Å². The first-order valence-electron chi connectivity index (χ1n) is 10.7.